The van der Waals surface area contributed by atoms with Crippen LogP contribution in [0.4, 0.5) is 0 Å². The molecule has 0 amide bonds. The first-order chi connectivity index (χ1) is 8.24. The molecule has 0 spiro atoms. The van der Waals surface area contributed by atoms with Crippen LogP contribution in [0.3, 0.4) is 0 Å². The fourth-order valence-corrected chi connectivity index (χ4v) is 2.10. The average molecular weight is 244 g/mol. The number of hydrogen-bond donors (Lipinski definition) is 0. The Hall–Kier alpha value is -1.80. The number of aromatic nitrogens is 1. The van der Waals surface area contributed by atoms with Crippen molar-refractivity contribution in [1.29, 1.82) is 0 Å². The molecule has 2 aromatic carbocycles. The molecular formula is C14H10ClNO. The third kappa shape index (κ3) is 1.81. The van der Waals surface area contributed by atoms with Gasteiger partial charge in [0, 0.05) is 0 Å². The van der Waals surface area contributed by atoms with Gasteiger partial charge >= 0.3 is 0 Å². The van der Waals surface area contributed by atoms with Gasteiger partial charge in [-0.3, -0.25) is 0 Å². The molecule has 2 nitrogen and oxygen atoms in total. The summed E-state index contributed by atoms with van der Waals surface area (Å²) in [6, 6.07) is 13.5. The van der Waals surface area contributed by atoms with E-state index in [2.05, 4.69) is 4.98 Å². The van der Waals surface area contributed by atoms with Gasteiger partial charge in [-0.2, -0.15) is 0 Å². The zero-order valence-electron chi connectivity index (χ0n) is 9.27. The minimum Gasteiger partial charge on any atom is -0.436 e. The number of hydrogen-bond acceptors (Lipinski definition) is 2. The number of fused-ring (bicyclic) bond motifs is 1. The van der Waals surface area contributed by atoms with Crippen LogP contribution >= 0.6 is 11.6 Å². The Labute approximate surface area is 104 Å². The Morgan fingerprint density at radius 1 is 1.12 bits per heavy atom. The quantitative estimate of drug-likeness (QED) is 0.631. The highest BCUT2D eigenvalue weighted by atomic mass is 35.5. The van der Waals surface area contributed by atoms with E-state index in [-0.39, 0.29) is 0 Å². The van der Waals surface area contributed by atoms with E-state index >= 15 is 0 Å². The minimum absolute atomic E-state index is 0.566. The molecule has 1 heterocycles. The number of rotatable bonds is 1. The second kappa shape index (κ2) is 3.90. The Balaban J connectivity index is 2.20. The maximum absolute atomic E-state index is 6.19. The predicted molar refractivity (Wildman–Crippen MR) is 69.2 cm³/mol. The van der Waals surface area contributed by atoms with E-state index in [0.29, 0.717) is 10.9 Å². The molecule has 17 heavy (non-hydrogen) atoms. The van der Waals surface area contributed by atoms with Crippen LogP contribution in [0.15, 0.2) is 46.9 Å². The smallest absolute Gasteiger partial charge is 0.228 e. The molecule has 0 unspecified atom stereocenters. The van der Waals surface area contributed by atoms with E-state index in [1.165, 1.54) is 0 Å². The van der Waals surface area contributed by atoms with Crippen molar-refractivity contribution in [1.82, 2.24) is 4.98 Å². The fourth-order valence-electron chi connectivity index (χ4n) is 1.78. The Morgan fingerprint density at radius 3 is 2.71 bits per heavy atom. The zero-order chi connectivity index (χ0) is 11.8. The van der Waals surface area contributed by atoms with Gasteiger partial charge in [0.25, 0.3) is 0 Å². The molecular weight excluding hydrogens is 234 g/mol. The second-order valence-corrected chi connectivity index (χ2v) is 4.38. The molecule has 3 rings (SSSR count). The normalized spacial score (nSPS) is 10.9. The molecule has 0 fully saturated rings. The molecule has 0 atom stereocenters. The summed E-state index contributed by atoms with van der Waals surface area (Å²) < 4.78 is 5.68. The van der Waals surface area contributed by atoms with Gasteiger partial charge in [-0.05, 0) is 36.8 Å². The zero-order valence-corrected chi connectivity index (χ0v) is 10.0. The molecule has 0 bridgehead atoms. The third-order valence-corrected chi connectivity index (χ3v) is 2.96. The molecule has 0 saturated carbocycles. The number of halogens is 1. The van der Waals surface area contributed by atoms with Crippen LogP contribution < -0.4 is 0 Å². The van der Waals surface area contributed by atoms with Gasteiger partial charge in [-0.15, -0.1) is 0 Å². The van der Waals surface area contributed by atoms with E-state index < -0.39 is 0 Å². The molecule has 0 aliphatic heterocycles. The van der Waals surface area contributed by atoms with Crippen LogP contribution in [-0.4, -0.2) is 4.98 Å². The van der Waals surface area contributed by atoms with Gasteiger partial charge in [0.2, 0.25) is 5.89 Å². The van der Waals surface area contributed by atoms with Gasteiger partial charge in [-0.1, -0.05) is 29.8 Å². The SMILES string of the molecule is Cc1ccc(-c2nc3ccccc3o2)c(Cl)c1. The highest BCUT2D eigenvalue weighted by Gasteiger charge is 2.10. The van der Waals surface area contributed by atoms with E-state index in [9.17, 15) is 0 Å². The van der Waals surface area contributed by atoms with E-state index in [1.54, 1.807) is 0 Å². The summed E-state index contributed by atoms with van der Waals surface area (Å²) in [5.74, 6) is 0.566. The Kier molecular flexibility index (Phi) is 2.37. The lowest BCUT2D eigenvalue weighted by atomic mass is 10.1. The van der Waals surface area contributed by atoms with Crippen LogP contribution in [0.25, 0.3) is 22.6 Å². The van der Waals surface area contributed by atoms with E-state index in [1.807, 2.05) is 49.4 Å². The molecule has 0 N–H and O–H groups in total. The highest BCUT2D eigenvalue weighted by Crippen LogP contribution is 2.30. The summed E-state index contributed by atoms with van der Waals surface area (Å²) in [6.45, 7) is 2.00. The summed E-state index contributed by atoms with van der Waals surface area (Å²) in [7, 11) is 0. The first kappa shape index (κ1) is 10.4. The van der Waals surface area contributed by atoms with Crippen molar-refractivity contribution in [2.75, 3.05) is 0 Å². The first-order valence-electron chi connectivity index (χ1n) is 5.36. The monoisotopic (exact) mass is 243 g/mol. The van der Waals surface area contributed by atoms with Crippen molar-refractivity contribution in [3.05, 3.63) is 53.1 Å². The van der Waals surface area contributed by atoms with Crippen LogP contribution in [-0.2, 0) is 0 Å². The summed E-state index contributed by atoms with van der Waals surface area (Å²) in [5.41, 5.74) is 3.57. The molecule has 0 saturated heterocycles. The molecule has 3 aromatic rings. The van der Waals surface area contributed by atoms with Crippen molar-refractivity contribution >= 4 is 22.7 Å². The maximum Gasteiger partial charge on any atom is 0.228 e. The third-order valence-electron chi connectivity index (χ3n) is 2.65. The maximum atomic E-state index is 6.19. The molecule has 0 aliphatic carbocycles. The van der Waals surface area contributed by atoms with Crippen molar-refractivity contribution in [2.24, 2.45) is 0 Å². The summed E-state index contributed by atoms with van der Waals surface area (Å²) in [6.07, 6.45) is 0. The lowest BCUT2D eigenvalue weighted by Gasteiger charge is -2.00. The second-order valence-electron chi connectivity index (χ2n) is 3.97. The number of para-hydroxylation sites is 2. The molecule has 84 valence electrons. The summed E-state index contributed by atoms with van der Waals surface area (Å²) in [4.78, 5) is 4.42. The van der Waals surface area contributed by atoms with E-state index in [4.69, 9.17) is 16.0 Å². The van der Waals surface area contributed by atoms with Gasteiger partial charge < -0.3 is 4.42 Å². The Bertz CT molecular complexity index is 655. The van der Waals surface area contributed by atoms with Crippen LogP contribution in [0.2, 0.25) is 5.02 Å². The van der Waals surface area contributed by atoms with Crippen molar-refractivity contribution in [2.45, 2.75) is 6.92 Å². The number of benzene rings is 2. The molecule has 0 aliphatic rings. The van der Waals surface area contributed by atoms with Crippen molar-refractivity contribution in [3.63, 3.8) is 0 Å². The summed E-state index contributed by atoms with van der Waals surface area (Å²) in [5, 5.41) is 0.663. The van der Waals surface area contributed by atoms with E-state index in [0.717, 1.165) is 22.2 Å². The lowest BCUT2D eigenvalue weighted by molar-refractivity contribution is 0.620. The van der Waals surface area contributed by atoms with Gasteiger partial charge in [0.15, 0.2) is 5.58 Å². The standard InChI is InChI=1S/C14H10ClNO/c1-9-6-7-10(11(15)8-9)14-16-12-4-2-3-5-13(12)17-14/h2-8H,1H3. The molecule has 1 aromatic heterocycles. The van der Waals surface area contributed by atoms with Gasteiger partial charge in [-0.25, -0.2) is 4.98 Å². The molecule has 0 radical (unpaired) electrons. The minimum atomic E-state index is 0.566. The molecule has 3 heteroatoms. The first-order valence-corrected chi connectivity index (χ1v) is 5.74. The average Bonchev–Trinajstić information content (AvgIpc) is 2.72. The number of aryl methyl sites for hydroxylation is 1. The van der Waals surface area contributed by atoms with Crippen molar-refractivity contribution in [3.8, 4) is 11.5 Å². The van der Waals surface area contributed by atoms with Crippen LogP contribution in [0.5, 0.6) is 0 Å². The summed E-state index contributed by atoms with van der Waals surface area (Å²) >= 11 is 6.19. The van der Waals surface area contributed by atoms with Crippen LogP contribution in [0.1, 0.15) is 5.56 Å². The highest BCUT2D eigenvalue weighted by molar-refractivity contribution is 6.33. The fraction of sp³-hybridized carbons (Fsp3) is 0.0714. The Morgan fingerprint density at radius 2 is 1.94 bits per heavy atom. The topological polar surface area (TPSA) is 26.0 Å². The number of oxazole rings is 1. The van der Waals surface area contributed by atoms with Gasteiger partial charge in [0.05, 0.1) is 10.6 Å². The largest absolute Gasteiger partial charge is 0.436 e. The predicted octanol–water partition coefficient (Wildman–Crippen LogP) is 4.46. The van der Waals surface area contributed by atoms with Crippen LogP contribution in [0, 0.1) is 6.92 Å². The number of nitrogens with zero attached hydrogens (tertiary/aromatic N) is 1. The lowest BCUT2D eigenvalue weighted by Crippen LogP contribution is -1.80. The van der Waals surface area contributed by atoms with Gasteiger partial charge in [0.1, 0.15) is 5.52 Å². The van der Waals surface area contributed by atoms with Crippen molar-refractivity contribution < 1.29 is 4.42 Å².